The van der Waals surface area contributed by atoms with Crippen molar-refractivity contribution in [2.24, 2.45) is 5.92 Å². The normalized spacial score (nSPS) is 18.2. The third-order valence-corrected chi connectivity index (χ3v) is 3.13. The van der Waals surface area contributed by atoms with E-state index in [1.807, 2.05) is 0 Å². The Kier molecular flexibility index (Phi) is 8.35. The molecule has 2 nitrogen and oxygen atoms in total. The van der Waals surface area contributed by atoms with Crippen LogP contribution in [0.3, 0.4) is 0 Å². The average Bonchev–Trinajstić information content (AvgIpc) is 2.29. The second-order valence-electron chi connectivity index (χ2n) is 4.23. The minimum Gasteiger partial charge on any atom is -0.381 e. The van der Waals surface area contributed by atoms with Crippen LogP contribution in [0, 0.1) is 5.92 Å². The fraction of sp³-hybridized carbons (Fsp3) is 1.00. The molecule has 0 spiro atoms. The number of alkyl halides is 1. The molecule has 0 aliphatic carbocycles. The Morgan fingerprint density at radius 1 is 1.07 bits per heavy atom. The highest BCUT2D eigenvalue weighted by Gasteiger charge is 2.13. The summed E-state index contributed by atoms with van der Waals surface area (Å²) in [5.41, 5.74) is 0. The molecule has 15 heavy (non-hydrogen) atoms. The lowest BCUT2D eigenvalue weighted by molar-refractivity contribution is 0.0198. The molecule has 1 fully saturated rings. The quantitative estimate of drug-likeness (QED) is 0.474. The highest BCUT2D eigenvalue weighted by atomic mass is 35.5. The fourth-order valence-corrected chi connectivity index (χ4v) is 2.00. The summed E-state index contributed by atoms with van der Waals surface area (Å²) in [7, 11) is 0. The minimum absolute atomic E-state index is 0.738. The number of halogens is 1. The van der Waals surface area contributed by atoms with Gasteiger partial charge in [-0.1, -0.05) is 12.8 Å². The highest BCUT2D eigenvalue weighted by molar-refractivity contribution is 6.17. The Morgan fingerprint density at radius 3 is 2.53 bits per heavy atom. The Morgan fingerprint density at radius 2 is 1.80 bits per heavy atom. The van der Waals surface area contributed by atoms with Crippen LogP contribution in [0.25, 0.3) is 0 Å². The van der Waals surface area contributed by atoms with Crippen molar-refractivity contribution in [2.45, 2.75) is 38.5 Å². The van der Waals surface area contributed by atoms with E-state index in [9.17, 15) is 0 Å². The summed E-state index contributed by atoms with van der Waals surface area (Å²) < 4.78 is 11.0. The summed E-state index contributed by atoms with van der Waals surface area (Å²) >= 11 is 5.60. The van der Waals surface area contributed by atoms with Crippen LogP contribution in [-0.2, 0) is 9.47 Å². The van der Waals surface area contributed by atoms with Crippen molar-refractivity contribution < 1.29 is 9.47 Å². The van der Waals surface area contributed by atoms with E-state index in [2.05, 4.69) is 0 Å². The smallest absolute Gasteiger partial charge is 0.0495 e. The predicted octanol–water partition coefficient (Wildman–Crippen LogP) is 3.23. The summed E-state index contributed by atoms with van der Waals surface area (Å²) in [5, 5.41) is 0. The molecular weight excluding hydrogens is 212 g/mol. The molecule has 90 valence electrons. The molecule has 1 rings (SSSR count). The Hall–Kier alpha value is 0.210. The van der Waals surface area contributed by atoms with Crippen molar-refractivity contribution in [3.05, 3.63) is 0 Å². The van der Waals surface area contributed by atoms with Crippen LogP contribution in [0.1, 0.15) is 38.5 Å². The molecule has 0 atom stereocenters. The van der Waals surface area contributed by atoms with Crippen LogP contribution in [0.4, 0.5) is 0 Å². The van der Waals surface area contributed by atoms with Crippen molar-refractivity contribution in [1.82, 2.24) is 0 Å². The van der Waals surface area contributed by atoms with Gasteiger partial charge >= 0.3 is 0 Å². The first-order valence-corrected chi connectivity index (χ1v) is 6.68. The van der Waals surface area contributed by atoms with E-state index in [0.29, 0.717) is 0 Å². The number of hydrogen-bond acceptors (Lipinski definition) is 2. The number of rotatable bonds is 8. The Labute approximate surface area is 98.3 Å². The van der Waals surface area contributed by atoms with E-state index in [0.717, 1.165) is 44.6 Å². The second kappa shape index (κ2) is 9.44. The molecule has 1 aliphatic rings. The third kappa shape index (κ3) is 7.15. The predicted molar refractivity (Wildman–Crippen MR) is 63.6 cm³/mol. The fourth-order valence-electron chi connectivity index (χ4n) is 1.82. The summed E-state index contributed by atoms with van der Waals surface area (Å²) in [6.07, 6.45) is 7.16. The van der Waals surface area contributed by atoms with E-state index >= 15 is 0 Å². The van der Waals surface area contributed by atoms with Gasteiger partial charge in [-0.05, 0) is 31.6 Å². The van der Waals surface area contributed by atoms with Gasteiger partial charge in [-0.2, -0.15) is 0 Å². The summed E-state index contributed by atoms with van der Waals surface area (Å²) in [6.45, 7) is 3.69. The van der Waals surface area contributed by atoms with Crippen molar-refractivity contribution in [1.29, 1.82) is 0 Å². The van der Waals surface area contributed by atoms with Crippen molar-refractivity contribution in [3.8, 4) is 0 Å². The van der Waals surface area contributed by atoms with Crippen LogP contribution in [0.15, 0.2) is 0 Å². The van der Waals surface area contributed by atoms with E-state index in [4.69, 9.17) is 21.1 Å². The molecule has 0 aromatic rings. The zero-order chi connectivity index (χ0) is 10.8. The van der Waals surface area contributed by atoms with Gasteiger partial charge in [0.25, 0.3) is 0 Å². The van der Waals surface area contributed by atoms with Gasteiger partial charge in [-0.15, -0.1) is 11.6 Å². The molecule has 0 unspecified atom stereocenters. The van der Waals surface area contributed by atoms with Crippen molar-refractivity contribution >= 4 is 11.6 Å². The lowest BCUT2D eigenvalue weighted by Gasteiger charge is -2.21. The average molecular weight is 235 g/mol. The molecule has 0 radical (unpaired) electrons. The molecule has 0 aromatic carbocycles. The number of hydrogen-bond donors (Lipinski definition) is 0. The third-order valence-electron chi connectivity index (χ3n) is 2.87. The van der Waals surface area contributed by atoms with Gasteiger partial charge in [0.1, 0.15) is 0 Å². The lowest BCUT2D eigenvalue weighted by atomic mass is 10.0. The van der Waals surface area contributed by atoms with E-state index < -0.39 is 0 Å². The second-order valence-corrected chi connectivity index (χ2v) is 4.61. The van der Waals surface area contributed by atoms with Crippen LogP contribution in [0.2, 0.25) is 0 Å². The largest absolute Gasteiger partial charge is 0.381 e. The van der Waals surface area contributed by atoms with Gasteiger partial charge in [0.15, 0.2) is 0 Å². The maximum atomic E-state index is 5.66. The summed E-state index contributed by atoms with van der Waals surface area (Å²) in [6, 6.07) is 0. The van der Waals surface area contributed by atoms with Gasteiger partial charge in [-0.25, -0.2) is 0 Å². The highest BCUT2D eigenvalue weighted by Crippen LogP contribution is 2.14. The SMILES string of the molecule is ClCCCCCCOCC1CCOCC1. The molecule has 0 amide bonds. The van der Waals surface area contributed by atoms with E-state index in [-0.39, 0.29) is 0 Å². The van der Waals surface area contributed by atoms with Crippen LogP contribution in [0.5, 0.6) is 0 Å². The standard InChI is InChI=1S/C12H23ClO2/c13-7-3-1-2-4-8-15-11-12-5-9-14-10-6-12/h12H,1-11H2. The number of unbranched alkanes of at least 4 members (excludes halogenated alkanes) is 3. The Balaban J connectivity index is 1.79. The lowest BCUT2D eigenvalue weighted by Crippen LogP contribution is -2.20. The zero-order valence-corrected chi connectivity index (χ0v) is 10.3. The van der Waals surface area contributed by atoms with E-state index in [1.54, 1.807) is 0 Å². The maximum absolute atomic E-state index is 5.66. The number of ether oxygens (including phenoxy) is 2. The maximum Gasteiger partial charge on any atom is 0.0495 e. The van der Waals surface area contributed by atoms with Crippen LogP contribution < -0.4 is 0 Å². The molecule has 1 heterocycles. The van der Waals surface area contributed by atoms with E-state index in [1.165, 1.54) is 32.1 Å². The monoisotopic (exact) mass is 234 g/mol. The van der Waals surface area contributed by atoms with Gasteiger partial charge in [-0.3, -0.25) is 0 Å². The van der Waals surface area contributed by atoms with Gasteiger partial charge in [0.2, 0.25) is 0 Å². The summed E-state index contributed by atoms with van der Waals surface area (Å²) in [5.74, 6) is 1.53. The first kappa shape index (κ1) is 13.3. The summed E-state index contributed by atoms with van der Waals surface area (Å²) in [4.78, 5) is 0. The molecule has 0 saturated carbocycles. The van der Waals surface area contributed by atoms with Gasteiger partial charge in [0, 0.05) is 32.3 Å². The molecule has 1 aliphatic heterocycles. The molecule has 0 bridgehead atoms. The molecule has 3 heteroatoms. The van der Waals surface area contributed by atoms with Gasteiger partial charge in [0.05, 0.1) is 0 Å². The first-order valence-electron chi connectivity index (χ1n) is 6.15. The molecule has 0 aromatic heterocycles. The Bertz CT molecular complexity index is 136. The molecule has 0 N–H and O–H groups in total. The van der Waals surface area contributed by atoms with Gasteiger partial charge < -0.3 is 9.47 Å². The molecule has 1 saturated heterocycles. The molecular formula is C12H23ClO2. The van der Waals surface area contributed by atoms with Crippen molar-refractivity contribution in [2.75, 3.05) is 32.3 Å². The zero-order valence-electron chi connectivity index (χ0n) is 9.55. The first-order chi connectivity index (χ1) is 7.43. The van der Waals surface area contributed by atoms with Crippen LogP contribution >= 0.6 is 11.6 Å². The minimum atomic E-state index is 0.738. The van der Waals surface area contributed by atoms with Crippen LogP contribution in [-0.4, -0.2) is 32.3 Å². The van der Waals surface area contributed by atoms with Crippen molar-refractivity contribution in [3.63, 3.8) is 0 Å². The topological polar surface area (TPSA) is 18.5 Å².